The zero-order chi connectivity index (χ0) is 10.1. The summed E-state index contributed by atoms with van der Waals surface area (Å²) in [4.78, 5) is 12.1. The smallest absolute Gasteiger partial charge is 0.374 e. The van der Waals surface area contributed by atoms with Gasteiger partial charge in [-0.2, -0.15) is 8.78 Å². The fourth-order valence-electron chi connectivity index (χ4n) is 1.64. The second-order valence-corrected chi connectivity index (χ2v) is 3.63. The van der Waals surface area contributed by atoms with E-state index in [0.717, 1.165) is 6.54 Å². The zero-order valence-electron chi connectivity index (χ0n) is 7.46. The fraction of sp³-hybridized carbons (Fsp3) is 0.875. The summed E-state index contributed by atoms with van der Waals surface area (Å²) in [5.41, 5.74) is 0. The minimum Gasteiger partial charge on any atom is -0.477 e. The summed E-state index contributed by atoms with van der Waals surface area (Å²) in [5.74, 6) is -5.76. The second kappa shape index (κ2) is 3.57. The maximum Gasteiger partial charge on any atom is 0.374 e. The van der Waals surface area contributed by atoms with Gasteiger partial charge in [-0.3, -0.25) is 0 Å². The Kier molecular flexibility index (Phi) is 2.85. The molecule has 1 fully saturated rings. The molecule has 0 aromatic carbocycles. The predicted octanol–water partition coefficient (Wildman–Crippen LogP) is 1.05. The van der Waals surface area contributed by atoms with Gasteiger partial charge < -0.3 is 10.0 Å². The van der Waals surface area contributed by atoms with Crippen molar-refractivity contribution in [1.82, 2.24) is 4.90 Å². The molecule has 0 aromatic rings. The molecule has 5 heteroatoms. The summed E-state index contributed by atoms with van der Waals surface area (Å²) in [7, 11) is 1.85. The van der Waals surface area contributed by atoms with E-state index in [2.05, 4.69) is 0 Å². The van der Waals surface area contributed by atoms with Gasteiger partial charge in [0, 0.05) is 13.0 Å². The first kappa shape index (κ1) is 10.4. The molecular formula is C8H13F2NO2. The summed E-state index contributed by atoms with van der Waals surface area (Å²) >= 11 is 0. The van der Waals surface area contributed by atoms with Crippen molar-refractivity contribution in [3.8, 4) is 0 Å². The quantitative estimate of drug-likeness (QED) is 0.728. The molecular weight excluding hydrogens is 180 g/mol. The molecule has 1 atom stereocenters. The summed E-state index contributed by atoms with van der Waals surface area (Å²) in [6, 6.07) is 0. The molecule has 0 bridgehead atoms. The number of carbonyl (C=O) groups is 1. The molecule has 1 aliphatic rings. The molecule has 3 nitrogen and oxygen atoms in total. The fourth-order valence-corrected chi connectivity index (χ4v) is 1.64. The number of halogens is 2. The van der Waals surface area contributed by atoms with Crippen LogP contribution in [0.25, 0.3) is 0 Å². The monoisotopic (exact) mass is 193 g/mol. The standard InChI is InChI=1S/C8H13F2NO2/c1-11-3-2-6(5-11)4-8(9,10)7(12)13/h6H,2-5H2,1H3,(H,12,13). The molecule has 13 heavy (non-hydrogen) atoms. The number of carboxylic acids is 1. The normalized spacial score (nSPS) is 25.0. The van der Waals surface area contributed by atoms with E-state index in [4.69, 9.17) is 5.11 Å². The van der Waals surface area contributed by atoms with Crippen molar-refractivity contribution >= 4 is 5.97 Å². The third kappa shape index (κ3) is 2.62. The van der Waals surface area contributed by atoms with Gasteiger partial charge in [-0.05, 0) is 25.9 Å². The summed E-state index contributed by atoms with van der Waals surface area (Å²) < 4.78 is 25.4. The van der Waals surface area contributed by atoms with E-state index in [0.29, 0.717) is 13.0 Å². The molecule has 0 amide bonds. The molecule has 0 aromatic heterocycles. The highest BCUT2D eigenvalue weighted by atomic mass is 19.3. The number of hydrogen-bond donors (Lipinski definition) is 1. The Morgan fingerprint density at radius 2 is 2.31 bits per heavy atom. The lowest BCUT2D eigenvalue weighted by Crippen LogP contribution is -2.31. The number of nitrogens with zero attached hydrogens (tertiary/aromatic N) is 1. The minimum absolute atomic E-state index is 0.184. The summed E-state index contributed by atoms with van der Waals surface area (Å²) in [6.07, 6.45) is 0.131. The lowest BCUT2D eigenvalue weighted by Gasteiger charge is -2.15. The Morgan fingerprint density at radius 3 is 2.69 bits per heavy atom. The number of alkyl halides is 2. The molecule has 0 spiro atoms. The van der Waals surface area contributed by atoms with E-state index in [9.17, 15) is 13.6 Å². The number of carboxylic acid groups (broad SMARTS) is 1. The third-order valence-corrected chi connectivity index (χ3v) is 2.35. The molecule has 0 saturated carbocycles. The maximum absolute atomic E-state index is 12.7. The van der Waals surface area contributed by atoms with E-state index in [1.54, 1.807) is 0 Å². The Morgan fingerprint density at radius 1 is 1.69 bits per heavy atom. The van der Waals surface area contributed by atoms with Gasteiger partial charge in [0.05, 0.1) is 0 Å². The van der Waals surface area contributed by atoms with Crippen LogP contribution < -0.4 is 0 Å². The Balaban J connectivity index is 2.44. The molecule has 1 aliphatic heterocycles. The summed E-state index contributed by atoms with van der Waals surface area (Å²) in [6.45, 7) is 1.35. The van der Waals surface area contributed by atoms with Crippen LogP contribution in [-0.4, -0.2) is 42.0 Å². The molecule has 1 rings (SSSR count). The molecule has 1 N–H and O–H groups in total. The highest BCUT2D eigenvalue weighted by Gasteiger charge is 2.42. The van der Waals surface area contributed by atoms with Crippen LogP contribution in [0, 0.1) is 5.92 Å². The lowest BCUT2D eigenvalue weighted by molar-refractivity contribution is -0.167. The number of hydrogen-bond acceptors (Lipinski definition) is 2. The van der Waals surface area contributed by atoms with Crippen molar-refractivity contribution in [2.24, 2.45) is 5.92 Å². The minimum atomic E-state index is -3.56. The third-order valence-electron chi connectivity index (χ3n) is 2.35. The highest BCUT2D eigenvalue weighted by molar-refractivity contribution is 5.75. The van der Waals surface area contributed by atoms with E-state index in [1.807, 2.05) is 11.9 Å². The van der Waals surface area contributed by atoms with Crippen LogP contribution in [0.2, 0.25) is 0 Å². The van der Waals surface area contributed by atoms with Crippen molar-refractivity contribution in [3.63, 3.8) is 0 Å². The van der Waals surface area contributed by atoms with Gasteiger partial charge in [0.25, 0.3) is 0 Å². The van der Waals surface area contributed by atoms with Crippen molar-refractivity contribution in [2.45, 2.75) is 18.8 Å². The first-order valence-electron chi connectivity index (χ1n) is 4.21. The van der Waals surface area contributed by atoms with Gasteiger partial charge in [-0.1, -0.05) is 0 Å². The van der Waals surface area contributed by atoms with Crippen molar-refractivity contribution in [1.29, 1.82) is 0 Å². The zero-order valence-corrected chi connectivity index (χ0v) is 7.46. The van der Waals surface area contributed by atoms with Crippen LogP contribution in [0.1, 0.15) is 12.8 Å². The first-order chi connectivity index (χ1) is 5.92. The molecule has 0 radical (unpaired) electrons. The average Bonchev–Trinajstić information content (AvgIpc) is 2.34. The maximum atomic E-state index is 12.7. The predicted molar refractivity (Wildman–Crippen MR) is 42.8 cm³/mol. The van der Waals surface area contributed by atoms with Crippen molar-refractivity contribution < 1.29 is 18.7 Å². The van der Waals surface area contributed by atoms with Gasteiger partial charge in [-0.25, -0.2) is 4.79 Å². The topological polar surface area (TPSA) is 40.5 Å². The molecule has 1 saturated heterocycles. The van der Waals surface area contributed by atoms with E-state index >= 15 is 0 Å². The van der Waals surface area contributed by atoms with Gasteiger partial charge in [-0.15, -0.1) is 0 Å². The average molecular weight is 193 g/mol. The molecule has 1 heterocycles. The van der Waals surface area contributed by atoms with Gasteiger partial charge in [0.1, 0.15) is 0 Å². The number of rotatable bonds is 3. The van der Waals surface area contributed by atoms with Crippen molar-refractivity contribution in [2.75, 3.05) is 20.1 Å². The Bertz CT molecular complexity index is 208. The van der Waals surface area contributed by atoms with Crippen LogP contribution in [0.15, 0.2) is 0 Å². The van der Waals surface area contributed by atoms with Crippen LogP contribution in [0.5, 0.6) is 0 Å². The van der Waals surface area contributed by atoms with Crippen LogP contribution >= 0.6 is 0 Å². The highest BCUT2D eigenvalue weighted by Crippen LogP contribution is 2.28. The van der Waals surface area contributed by atoms with Crippen LogP contribution in [0.4, 0.5) is 8.78 Å². The SMILES string of the molecule is CN1CCC(CC(F)(F)C(=O)O)C1. The Labute approximate surface area is 75.3 Å². The van der Waals surface area contributed by atoms with Gasteiger partial charge in [0.2, 0.25) is 0 Å². The van der Waals surface area contributed by atoms with Crippen LogP contribution in [-0.2, 0) is 4.79 Å². The molecule has 76 valence electrons. The molecule has 0 aliphatic carbocycles. The first-order valence-corrected chi connectivity index (χ1v) is 4.21. The Hall–Kier alpha value is -0.710. The molecule has 1 unspecified atom stereocenters. The van der Waals surface area contributed by atoms with Crippen molar-refractivity contribution in [3.05, 3.63) is 0 Å². The lowest BCUT2D eigenvalue weighted by atomic mass is 10.0. The van der Waals surface area contributed by atoms with Gasteiger partial charge in [0.15, 0.2) is 0 Å². The van der Waals surface area contributed by atoms with E-state index in [-0.39, 0.29) is 5.92 Å². The van der Waals surface area contributed by atoms with E-state index in [1.165, 1.54) is 0 Å². The van der Waals surface area contributed by atoms with Gasteiger partial charge >= 0.3 is 11.9 Å². The number of likely N-dealkylation sites (tertiary alicyclic amines) is 1. The summed E-state index contributed by atoms with van der Waals surface area (Å²) in [5, 5.41) is 8.20. The van der Waals surface area contributed by atoms with Crippen LogP contribution in [0.3, 0.4) is 0 Å². The number of aliphatic carboxylic acids is 1. The van der Waals surface area contributed by atoms with E-state index < -0.39 is 18.3 Å². The second-order valence-electron chi connectivity index (χ2n) is 3.63. The largest absolute Gasteiger partial charge is 0.477 e.